The van der Waals surface area contributed by atoms with E-state index in [-0.39, 0.29) is 18.7 Å². The quantitative estimate of drug-likeness (QED) is 0.725. The van der Waals surface area contributed by atoms with Crippen LogP contribution < -0.4 is 11.1 Å². The molecule has 0 aliphatic carbocycles. The van der Waals surface area contributed by atoms with Gasteiger partial charge in [-0.25, -0.2) is 0 Å². The lowest BCUT2D eigenvalue weighted by Crippen LogP contribution is -2.40. The van der Waals surface area contributed by atoms with Gasteiger partial charge in [0.25, 0.3) is 0 Å². The second-order valence-electron chi connectivity index (χ2n) is 5.29. The molecule has 104 valence electrons. The van der Waals surface area contributed by atoms with Gasteiger partial charge in [0.2, 0.25) is 5.91 Å². The monoisotopic (exact) mass is 264 g/mol. The summed E-state index contributed by atoms with van der Waals surface area (Å²) >= 11 is 0. The van der Waals surface area contributed by atoms with E-state index in [1.807, 2.05) is 18.2 Å². The minimum absolute atomic E-state index is 0.149. The number of carbonyl (C=O) groups is 2. The van der Waals surface area contributed by atoms with Crippen molar-refractivity contribution in [2.24, 2.45) is 5.73 Å². The predicted molar refractivity (Wildman–Crippen MR) is 72.5 cm³/mol. The highest BCUT2D eigenvalue weighted by Gasteiger charge is 2.21. The van der Waals surface area contributed by atoms with Crippen LogP contribution in [0.1, 0.15) is 38.3 Å². The van der Waals surface area contributed by atoms with Gasteiger partial charge in [0.15, 0.2) is 0 Å². The molecule has 0 aliphatic rings. The predicted octanol–water partition coefficient (Wildman–Crippen LogP) is 1.45. The van der Waals surface area contributed by atoms with Crippen LogP contribution >= 0.6 is 0 Å². The maximum Gasteiger partial charge on any atom is 0.305 e. The van der Waals surface area contributed by atoms with Crippen molar-refractivity contribution in [3.8, 4) is 0 Å². The fraction of sp³-hybridized carbons (Fsp3) is 0.429. The van der Waals surface area contributed by atoms with Crippen LogP contribution in [0, 0.1) is 0 Å². The Morgan fingerprint density at radius 2 is 1.89 bits per heavy atom. The van der Waals surface area contributed by atoms with Gasteiger partial charge in [-0.05, 0) is 19.4 Å². The van der Waals surface area contributed by atoms with Crippen molar-refractivity contribution < 1.29 is 14.7 Å². The van der Waals surface area contributed by atoms with Crippen LogP contribution in [0.2, 0.25) is 0 Å². The van der Waals surface area contributed by atoms with Crippen molar-refractivity contribution in [2.75, 3.05) is 0 Å². The molecule has 5 nitrogen and oxygen atoms in total. The van der Waals surface area contributed by atoms with Crippen LogP contribution in [0.3, 0.4) is 0 Å². The molecule has 1 atom stereocenters. The molecule has 1 unspecified atom stereocenters. The Labute approximate surface area is 112 Å². The van der Waals surface area contributed by atoms with Crippen molar-refractivity contribution in [1.29, 1.82) is 0 Å². The molecule has 1 amide bonds. The van der Waals surface area contributed by atoms with Crippen molar-refractivity contribution in [3.05, 3.63) is 35.9 Å². The minimum Gasteiger partial charge on any atom is -0.481 e. The van der Waals surface area contributed by atoms with Crippen LogP contribution in [0.5, 0.6) is 0 Å². The zero-order chi connectivity index (χ0) is 14.5. The summed E-state index contributed by atoms with van der Waals surface area (Å²) in [6, 6.07) is 8.51. The first-order chi connectivity index (χ1) is 8.78. The van der Waals surface area contributed by atoms with Gasteiger partial charge in [0.1, 0.15) is 0 Å². The first kappa shape index (κ1) is 15.2. The topological polar surface area (TPSA) is 92.4 Å². The molecule has 0 bridgehead atoms. The van der Waals surface area contributed by atoms with Crippen molar-refractivity contribution in [1.82, 2.24) is 5.32 Å². The van der Waals surface area contributed by atoms with Gasteiger partial charge in [-0.3, -0.25) is 9.59 Å². The lowest BCUT2D eigenvalue weighted by Gasteiger charge is -2.22. The number of nitrogens with two attached hydrogens (primary N) is 1. The van der Waals surface area contributed by atoms with Crippen molar-refractivity contribution in [2.45, 2.75) is 38.3 Å². The Balaban J connectivity index is 2.76. The molecule has 0 aromatic heterocycles. The van der Waals surface area contributed by atoms with E-state index in [2.05, 4.69) is 5.32 Å². The molecule has 1 rings (SSSR count). The molecular weight excluding hydrogens is 244 g/mol. The van der Waals surface area contributed by atoms with E-state index in [0.29, 0.717) is 0 Å². The number of hydrogen-bond acceptors (Lipinski definition) is 3. The third kappa shape index (κ3) is 6.01. The SMILES string of the molecule is CC(C)(N)CC(=O)NC(CC(=O)O)c1ccccc1. The van der Waals surface area contributed by atoms with Crippen molar-refractivity contribution in [3.63, 3.8) is 0 Å². The van der Waals surface area contributed by atoms with Crippen LogP contribution in [-0.2, 0) is 9.59 Å². The van der Waals surface area contributed by atoms with Crippen LogP contribution in [0.4, 0.5) is 0 Å². The molecule has 1 aromatic carbocycles. The lowest BCUT2D eigenvalue weighted by atomic mass is 10.00. The fourth-order valence-corrected chi connectivity index (χ4v) is 1.77. The van der Waals surface area contributed by atoms with Gasteiger partial charge in [-0.15, -0.1) is 0 Å². The number of carboxylic acid groups (broad SMARTS) is 1. The minimum atomic E-state index is -0.957. The number of rotatable bonds is 6. The number of aliphatic carboxylic acids is 1. The Morgan fingerprint density at radius 3 is 2.37 bits per heavy atom. The molecule has 0 fully saturated rings. The number of hydrogen-bond donors (Lipinski definition) is 3. The molecule has 0 aliphatic heterocycles. The second kappa shape index (κ2) is 6.33. The van der Waals surface area contributed by atoms with E-state index >= 15 is 0 Å². The Morgan fingerprint density at radius 1 is 1.32 bits per heavy atom. The second-order valence-corrected chi connectivity index (χ2v) is 5.29. The molecule has 0 saturated heterocycles. The average Bonchev–Trinajstić information content (AvgIpc) is 2.26. The summed E-state index contributed by atoms with van der Waals surface area (Å²) in [5.41, 5.74) is 5.93. The first-order valence-corrected chi connectivity index (χ1v) is 6.13. The number of benzene rings is 1. The zero-order valence-electron chi connectivity index (χ0n) is 11.2. The molecule has 19 heavy (non-hydrogen) atoms. The largest absolute Gasteiger partial charge is 0.481 e. The summed E-state index contributed by atoms with van der Waals surface area (Å²) in [7, 11) is 0. The van der Waals surface area contributed by atoms with Gasteiger partial charge >= 0.3 is 5.97 Å². The zero-order valence-corrected chi connectivity index (χ0v) is 11.2. The van der Waals surface area contributed by atoms with Gasteiger partial charge < -0.3 is 16.2 Å². The highest BCUT2D eigenvalue weighted by Crippen LogP contribution is 2.17. The summed E-state index contributed by atoms with van der Waals surface area (Å²) in [5, 5.41) is 11.6. The summed E-state index contributed by atoms with van der Waals surface area (Å²) in [5.74, 6) is -1.20. The van der Waals surface area contributed by atoms with Crippen LogP contribution in [-0.4, -0.2) is 22.5 Å². The normalized spacial score (nSPS) is 12.8. The number of carbonyl (C=O) groups excluding carboxylic acids is 1. The Kier molecular flexibility index (Phi) is 5.06. The van der Waals surface area contributed by atoms with E-state index in [1.165, 1.54) is 0 Å². The molecule has 0 spiro atoms. The molecule has 0 heterocycles. The van der Waals surface area contributed by atoms with Gasteiger partial charge in [-0.2, -0.15) is 0 Å². The van der Waals surface area contributed by atoms with E-state index in [0.717, 1.165) is 5.56 Å². The van der Waals surface area contributed by atoms with Crippen LogP contribution in [0.25, 0.3) is 0 Å². The van der Waals surface area contributed by atoms with E-state index < -0.39 is 17.6 Å². The third-order valence-electron chi connectivity index (χ3n) is 2.53. The summed E-state index contributed by atoms with van der Waals surface area (Å²) < 4.78 is 0. The fourth-order valence-electron chi connectivity index (χ4n) is 1.77. The van der Waals surface area contributed by atoms with Crippen LogP contribution in [0.15, 0.2) is 30.3 Å². The van der Waals surface area contributed by atoms with E-state index in [4.69, 9.17) is 10.8 Å². The average molecular weight is 264 g/mol. The highest BCUT2D eigenvalue weighted by atomic mass is 16.4. The molecular formula is C14H20N2O3. The molecule has 5 heteroatoms. The number of carboxylic acids is 1. The molecule has 0 saturated carbocycles. The number of nitrogens with one attached hydrogen (secondary N) is 1. The van der Waals surface area contributed by atoms with E-state index in [1.54, 1.807) is 26.0 Å². The van der Waals surface area contributed by atoms with Gasteiger partial charge in [0.05, 0.1) is 12.5 Å². The highest BCUT2D eigenvalue weighted by molar-refractivity contribution is 5.78. The first-order valence-electron chi connectivity index (χ1n) is 6.13. The smallest absolute Gasteiger partial charge is 0.305 e. The summed E-state index contributed by atoms with van der Waals surface area (Å²) in [6.45, 7) is 3.50. The molecule has 4 N–H and O–H groups in total. The van der Waals surface area contributed by atoms with Crippen molar-refractivity contribution >= 4 is 11.9 Å². The summed E-state index contributed by atoms with van der Waals surface area (Å²) in [6.07, 6.45) is -0.00327. The molecule has 0 radical (unpaired) electrons. The Bertz CT molecular complexity index is 438. The molecule has 1 aromatic rings. The van der Waals surface area contributed by atoms with Gasteiger partial charge in [-0.1, -0.05) is 30.3 Å². The maximum absolute atomic E-state index is 11.8. The summed E-state index contributed by atoms with van der Waals surface area (Å²) in [4.78, 5) is 22.7. The van der Waals surface area contributed by atoms with Gasteiger partial charge in [0, 0.05) is 12.0 Å². The lowest BCUT2D eigenvalue weighted by molar-refractivity contribution is -0.137. The number of amides is 1. The standard InChI is InChI=1S/C14H20N2O3/c1-14(2,15)9-12(17)16-11(8-13(18)19)10-6-4-3-5-7-10/h3-7,11H,8-9,15H2,1-2H3,(H,16,17)(H,18,19). The Hall–Kier alpha value is -1.88. The third-order valence-corrected chi connectivity index (χ3v) is 2.53. The van der Waals surface area contributed by atoms with E-state index in [9.17, 15) is 9.59 Å². The maximum atomic E-state index is 11.8.